The molecule has 2 heterocycles. The smallest absolute Gasteiger partial charge is 0.198 e. The van der Waals surface area contributed by atoms with E-state index in [1.807, 2.05) is 0 Å². The minimum Gasteiger partial charge on any atom is -0.472 e. The van der Waals surface area contributed by atoms with Crippen molar-refractivity contribution in [1.29, 1.82) is 0 Å². The van der Waals surface area contributed by atoms with Crippen LogP contribution in [0.15, 0.2) is 41.3 Å². The highest BCUT2D eigenvalue weighted by atomic mass is 35.5. The van der Waals surface area contributed by atoms with Crippen LogP contribution in [0.5, 0.6) is 0 Å². The third kappa shape index (κ3) is 1.50. The van der Waals surface area contributed by atoms with Gasteiger partial charge in [0.25, 0.3) is 0 Å². The van der Waals surface area contributed by atoms with E-state index in [1.165, 1.54) is 12.5 Å². The van der Waals surface area contributed by atoms with Gasteiger partial charge in [0, 0.05) is 17.1 Å². The Kier molecular flexibility index (Phi) is 2.38. The summed E-state index contributed by atoms with van der Waals surface area (Å²) in [7, 11) is 0. The molecule has 5 heteroatoms. The van der Waals surface area contributed by atoms with Gasteiger partial charge in [0.15, 0.2) is 5.78 Å². The fourth-order valence-corrected chi connectivity index (χ4v) is 2.11. The first kappa shape index (κ1) is 10.9. The summed E-state index contributed by atoms with van der Waals surface area (Å²) in [5.41, 5.74) is 8.09. The molecule has 0 bridgehead atoms. The number of H-pyrrole nitrogens is 1. The van der Waals surface area contributed by atoms with Crippen LogP contribution >= 0.6 is 11.6 Å². The topological polar surface area (TPSA) is 72.0 Å². The van der Waals surface area contributed by atoms with Crippen LogP contribution in [0, 0.1) is 0 Å². The molecule has 0 saturated carbocycles. The van der Waals surface area contributed by atoms with Crippen LogP contribution in [-0.4, -0.2) is 10.8 Å². The molecule has 0 saturated heterocycles. The number of rotatable bonds is 2. The first-order valence-corrected chi connectivity index (χ1v) is 5.68. The van der Waals surface area contributed by atoms with Crippen molar-refractivity contribution < 1.29 is 9.21 Å². The number of hydrogen-bond donors (Lipinski definition) is 2. The van der Waals surface area contributed by atoms with E-state index in [0.29, 0.717) is 27.2 Å². The van der Waals surface area contributed by atoms with E-state index >= 15 is 0 Å². The number of furan rings is 1. The number of carbonyl (C=O) groups is 1. The molecule has 0 radical (unpaired) electrons. The third-order valence-corrected chi connectivity index (χ3v) is 3.19. The van der Waals surface area contributed by atoms with Crippen molar-refractivity contribution in [3.8, 4) is 0 Å². The fourth-order valence-electron chi connectivity index (χ4n) is 1.95. The van der Waals surface area contributed by atoms with Gasteiger partial charge in [0.2, 0.25) is 0 Å². The summed E-state index contributed by atoms with van der Waals surface area (Å²) in [6, 6.07) is 5.10. The molecule has 1 aromatic carbocycles. The molecule has 3 aromatic rings. The summed E-state index contributed by atoms with van der Waals surface area (Å²) in [4.78, 5) is 15.3. The zero-order valence-corrected chi connectivity index (χ0v) is 9.99. The standard InChI is InChI=1S/C13H9ClN2O2/c14-9-1-2-10-11(12(9)15)8(5-16-10)13(17)7-3-4-18-6-7/h1-6,16H,15H2. The SMILES string of the molecule is Nc1c(Cl)ccc2[nH]cc(C(=O)c3ccoc3)c12. The molecule has 0 atom stereocenters. The van der Waals surface area contributed by atoms with Crippen molar-refractivity contribution in [1.82, 2.24) is 4.98 Å². The molecule has 0 amide bonds. The Morgan fingerprint density at radius 3 is 2.89 bits per heavy atom. The second-order valence-corrected chi connectivity index (χ2v) is 4.33. The van der Waals surface area contributed by atoms with E-state index in [4.69, 9.17) is 21.8 Å². The van der Waals surface area contributed by atoms with Crippen molar-refractivity contribution in [2.75, 3.05) is 5.73 Å². The van der Waals surface area contributed by atoms with Crippen molar-refractivity contribution >= 4 is 34.0 Å². The van der Waals surface area contributed by atoms with Gasteiger partial charge in [-0.2, -0.15) is 0 Å². The van der Waals surface area contributed by atoms with Gasteiger partial charge in [-0.25, -0.2) is 0 Å². The van der Waals surface area contributed by atoms with Gasteiger partial charge in [-0.15, -0.1) is 0 Å². The molecule has 4 nitrogen and oxygen atoms in total. The van der Waals surface area contributed by atoms with Gasteiger partial charge in [-0.1, -0.05) is 11.6 Å². The van der Waals surface area contributed by atoms with Gasteiger partial charge < -0.3 is 15.1 Å². The summed E-state index contributed by atoms with van der Waals surface area (Å²) in [5.74, 6) is -0.149. The predicted molar refractivity (Wildman–Crippen MR) is 69.9 cm³/mol. The number of ketones is 1. The predicted octanol–water partition coefficient (Wildman–Crippen LogP) is 3.23. The monoisotopic (exact) mass is 260 g/mol. The zero-order valence-electron chi connectivity index (χ0n) is 9.24. The molecule has 3 rings (SSSR count). The van der Waals surface area contributed by atoms with Crippen LogP contribution in [0.1, 0.15) is 15.9 Å². The Bertz CT molecular complexity index is 729. The van der Waals surface area contributed by atoms with Crippen LogP contribution in [0.3, 0.4) is 0 Å². The molecule has 90 valence electrons. The van der Waals surface area contributed by atoms with Crippen LogP contribution in [0.25, 0.3) is 10.9 Å². The number of fused-ring (bicyclic) bond motifs is 1. The Balaban J connectivity index is 2.24. The molecular formula is C13H9ClN2O2. The fraction of sp³-hybridized carbons (Fsp3) is 0. The zero-order chi connectivity index (χ0) is 12.7. The molecule has 0 aliphatic rings. The first-order chi connectivity index (χ1) is 8.68. The Labute approximate surface area is 107 Å². The highest BCUT2D eigenvalue weighted by molar-refractivity contribution is 6.35. The van der Waals surface area contributed by atoms with Crippen LogP contribution in [-0.2, 0) is 0 Å². The van der Waals surface area contributed by atoms with Crippen molar-refractivity contribution in [3.63, 3.8) is 0 Å². The minimum atomic E-state index is -0.149. The summed E-state index contributed by atoms with van der Waals surface area (Å²) in [5, 5.41) is 1.08. The number of halogens is 1. The van der Waals surface area contributed by atoms with E-state index in [0.717, 1.165) is 5.52 Å². The number of hydrogen-bond acceptors (Lipinski definition) is 3. The summed E-state index contributed by atoms with van der Waals surface area (Å²) >= 11 is 5.98. The molecule has 18 heavy (non-hydrogen) atoms. The number of anilines is 1. The van der Waals surface area contributed by atoms with Gasteiger partial charge in [0.1, 0.15) is 6.26 Å². The molecule has 2 aromatic heterocycles. The number of aromatic nitrogens is 1. The number of carbonyl (C=O) groups excluding carboxylic acids is 1. The first-order valence-electron chi connectivity index (χ1n) is 5.30. The quantitative estimate of drug-likeness (QED) is 0.549. The van der Waals surface area contributed by atoms with E-state index < -0.39 is 0 Å². The lowest BCUT2D eigenvalue weighted by molar-refractivity contribution is 0.103. The van der Waals surface area contributed by atoms with Crippen molar-refractivity contribution in [2.24, 2.45) is 0 Å². The maximum Gasteiger partial charge on any atom is 0.198 e. The summed E-state index contributed by atoms with van der Waals surface area (Å²) in [6.07, 6.45) is 4.49. The highest BCUT2D eigenvalue weighted by Crippen LogP contribution is 2.31. The number of aromatic amines is 1. The number of nitrogens with one attached hydrogen (secondary N) is 1. The number of benzene rings is 1. The van der Waals surface area contributed by atoms with Gasteiger partial charge in [-0.3, -0.25) is 4.79 Å². The summed E-state index contributed by atoms with van der Waals surface area (Å²) < 4.78 is 4.91. The lowest BCUT2D eigenvalue weighted by Crippen LogP contribution is -2.00. The van der Waals surface area contributed by atoms with Crippen molar-refractivity contribution in [3.05, 3.63) is 53.1 Å². The maximum absolute atomic E-state index is 12.3. The lowest BCUT2D eigenvalue weighted by Gasteiger charge is -2.02. The molecule has 0 unspecified atom stereocenters. The van der Waals surface area contributed by atoms with Gasteiger partial charge in [-0.05, 0) is 18.2 Å². The second kappa shape index (κ2) is 3.92. The van der Waals surface area contributed by atoms with E-state index in [1.54, 1.807) is 24.4 Å². The van der Waals surface area contributed by atoms with Crippen LogP contribution in [0.4, 0.5) is 5.69 Å². The average Bonchev–Trinajstić information content (AvgIpc) is 3.01. The van der Waals surface area contributed by atoms with E-state index in [-0.39, 0.29) is 5.78 Å². The second-order valence-electron chi connectivity index (χ2n) is 3.93. The van der Waals surface area contributed by atoms with Crippen LogP contribution in [0.2, 0.25) is 5.02 Å². The molecule has 0 aliphatic heterocycles. The minimum absolute atomic E-state index is 0.149. The van der Waals surface area contributed by atoms with Gasteiger partial charge in [0.05, 0.1) is 28.1 Å². The molecular weight excluding hydrogens is 252 g/mol. The Morgan fingerprint density at radius 1 is 1.33 bits per heavy atom. The average molecular weight is 261 g/mol. The maximum atomic E-state index is 12.3. The van der Waals surface area contributed by atoms with Crippen molar-refractivity contribution in [2.45, 2.75) is 0 Å². The lowest BCUT2D eigenvalue weighted by atomic mass is 10.0. The molecule has 0 spiro atoms. The Morgan fingerprint density at radius 2 is 2.17 bits per heavy atom. The Hall–Kier alpha value is -2.20. The molecule has 0 fully saturated rings. The number of nitrogens with two attached hydrogens (primary N) is 1. The van der Waals surface area contributed by atoms with Crippen LogP contribution < -0.4 is 5.73 Å². The number of nitrogen functional groups attached to an aromatic ring is 1. The van der Waals surface area contributed by atoms with E-state index in [9.17, 15) is 4.79 Å². The highest BCUT2D eigenvalue weighted by Gasteiger charge is 2.17. The molecule has 3 N–H and O–H groups in total. The molecule has 0 aliphatic carbocycles. The van der Waals surface area contributed by atoms with Gasteiger partial charge >= 0.3 is 0 Å². The third-order valence-electron chi connectivity index (χ3n) is 2.86. The largest absolute Gasteiger partial charge is 0.472 e. The normalized spacial score (nSPS) is 10.9. The summed E-state index contributed by atoms with van der Waals surface area (Å²) in [6.45, 7) is 0. The van der Waals surface area contributed by atoms with E-state index in [2.05, 4.69) is 4.98 Å².